The second kappa shape index (κ2) is 6.85. The minimum Gasteiger partial charge on any atom is -0.481 e. The van der Waals surface area contributed by atoms with Crippen LogP contribution >= 0.6 is 11.3 Å². The number of carbonyl (C=O) groups is 2. The summed E-state index contributed by atoms with van der Waals surface area (Å²) in [4.78, 5) is 27.3. The van der Waals surface area contributed by atoms with E-state index in [2.05, 4.69) is 0 Å². The molecule has 6 heteroatoms. The molecule has 1 aromatic rings. The van der Waals surface area contributed by atoms with Gasteiger partial charge in [-0.25, -0.2) is 0 Å². The Morgan fingerprint density at radius 1 is 1.40 bits per heavy atom. The molecule has 1 amide bonds. The molecule has 5 nitrogen and oxygen atoms in total. The van der Waals surface area contributed by atoms with Gasteiger partial charge in [0.1, 0.15) is 0 Å². The molecule has 1 saturated heterocycles. The molecule has 0 aliphatic carbocycles. The first-order valence-corrected chi connectivity index (χ1v) is 7.51. The average Bonchev–Trinajstić information content (AvgIpc) is 2.84. The number of carboxylic acids is 1. The number of nitrogens with zero attached hydrogens (tertiary/aromatic N) is 1. The van der Waals surface area contributed by atoms with Crippen molar-refractivity contribution >= 4 is 23.2 Å². The van der Waals surface area contributed by atoms with E-state index in [0.717, 1.165) is 9.75 Å². The van der Waals surface area contributed by atoms with Crippen molar-refractivity contribution in [3.05, 3.63) is 21.9 Å². The molecule has 0 spiro atoms. The Balaban J connectivity index is 1.94. The molecule has 0 aromatic carbocycles. The second-order valence-electron chi connectivity index (χ2n) is 4.95. The Kier molecular flexibility index (Phi) is 5.14. The molecular weight excluding hydrogens is 278 g/mol. The van der Waals surface area contributed by atoms with Gasteiger partial charge in [0, 0.05) is 29.3 Å². The SMILES string of the molecule is Cc1ccc(CC(CC(=O)N2CCOCC2)C(=O)O)s1. The number of carboxylic acid groups (broad SMARTS) is 1. The van der Waals surface area contributed by atoms with Crippen LogP contribution < -0.4 is 0 Å². The van der Waals surface area contributed by atoms with Crippen molar-refractivity contribution < 1.29 is 19.4 Å². The van der Waals surface area contributed by atoms with Crippen LogP contribution in [0.3, 0.4) is 0 Å². The Morgan fingerprint density at radius 3 is 2.65 bits per heavy atom. The van der Waals surface area contributed by atoms with Crippen molar-refractivity contribution in [1.29, 1.82) is 0 Å². The van der Waals surface area contributed by atoms with E-state index in [0.29, 0.717) is 32.7 Å². The molecule has 0 saturated carbocycles. The van der Waals surface area contributed by atoms with Gasteiger partial charge in [-0.05, 0) is 25.5 Å². The molecule has 1 aliphatic heterocycles. The summed E-state index contributed by atoms with van der Waals surface area (Å²) in [5.74, 6) is -1.64. The van der Waals surface area contributed by atoms with Gasteiger partial charge < -0.3 is 14.7 Å². The van der Waals surface area contributed by atoms with E-state index in [1.54, 1.807) is 16.2 Å². The lowest BCUT2D eigenvalue weighted by Gasteiger charge is -2.27. The number of thiophene rings is 1. The molecule has 0 radical (unpaired) electrons. The summed E-state index contributed by atoms with van der Waals surface area (Å²) in [6.07, 6.45) is 0.482. The zero-order valence-corrected chi connectivity index (χ0v) is 12.3. The van der Waals surface area contributed by atoms with Crippen LogP contribution in [0.2, 0.25) is 0 Å². The summed E-state index contributed by atoms with van der Waals surface area (Å²) in [7, 11) is 0. The molecule has 1 N–H and O–H groups in total. The Hall–Kier alpha value is -1.40. The van der Waals surface area contributed by atoms with Gasteiger partial charge in [-0.3, -0.25) is 9.59 Å². The number of carbonyl (C=O) groups excluding carboxylic acids is 1. The highest BCUT2D eigenvalue weighted by Gasteiger charge is 2.26. The second-order valence-corrected chi connectivity index (χ2v) is 6.32. The molecule has 110 valence electrons. The van der Waals surface area contributed by atoms with E-state index in [1.807, 2.05) is 19.1 Å². The summed E-state index contributed by atoms with van der Waals surface area (Å²) in [5.41, 5.74) is 0. The van der Waals surface area contributed by atoms with Crippen LogP contribution in [-0.4, -0.2) is 48.2 Å². The van der Waals surface area contributed by atoms with Crippen molar-refractivity contribution in [2.45, 2.75) is 19.8 Å². The highest BCUT2D eigenvalue weighted by molar-refractivity contribution is 7.11. The Bertz CT molecular complexity index is 479. The largest absolute Gasteiger partial charge is 0.481 e. The standard InChI is InChI=1S/C14H19NO4S/c1-10-2-3-12(20-10)8-11(14(17)18)9-13(16)15-4-6-19-7-5-15/h2-3,11H,4-9H2,1H3,(H,17,18). The number of rotatable bonds is 5. The summed E-state index contributed by atoms with van der Waals surface area (Å²) >= 11 is 1.59. The Labute approximate surface area is 122 Å². The monoisotopic (exact) mass is 297 g/mol. The third-order valence-corrected chi connectivity index (χ3v) is 4.40. The minimum atomic E-state index is -0.905. The topological polar surface area (TPSA) is 66.8 Å². The predicted octanol–water partition coefficient (Wildman–Crippen LogP) is 1.55. The van der Waals surface area contributed by atoms with E-state index < -0.39 is 11.9 Å². The van der Waals surface area contributed by atoms with E-state index >= 15 is 0 Å². The van der Waals surface area contributed by atoms with Crippen LogP contribution in [0.1, 0.15) is 16.2 Å². The van der Waals surface area contributed by atoms with Gasteiger partial charge in [0.15, 0.2) is 0 Å². The molecule has 0 bridgehead atoms. The van der Waals surface area contributed by atoms with Gasteiger partial charge in [-0.15, -0.1) is 11.3 Å². The van der Waals surface area contributed by atoms with Gasteiger partial charge in [0.05, 0.1) is 19.1 Å². The highest BCUT2D eigenvalue weighted by atomic mass is 32.1. The van der Waals surface area contributed by atoms with Crippen molar-refractivity contribution in [3.8, 4) is 0 Å². The first kappa shape index (κ1) is 15.0. The number of amides is 1. The van der Waals surface area contributed by atoms with Gasteiger partial charge in [0.25, 0.3) is 0 Å². The quantitative estimate of drug-likeness (QED) is 0.895. The maximum atomic E-state index is 12.1. The van der Waals surface area contributed by atoms with E-state index in [-0.39, 0.29) is 12.3 Å². The molecule has 1 aromatic heterocycles. The van der Waals surface area contributed by atoms with Crippen LogP contribution in [0.25, 0.3) is 0 Å². The fourth-order valence-electron chi connectivity index (χ4n) is 2.24. The van der Waals surface area contributed by atoms with Crippen molar-refractivity contribution in [2.75, 3.05) is 26.3 Å². The van der Waals surface area contributed by atoms with Crippen LogP contribution in [-0.2, 0) is 20.7 Å². The zero-order valence-electron chi connectivity index (χ0n) is 11.5. The lowest BCUT2D eigenvalue weighted by Crippen LogP contribution is -2.42. The van der Waals surface area contributed by atoms with Gasteiger partial charge >= 0.3 is 5.97 Å². The fourth-order valence-corrected chi connectivity index (χ4v) is 3.21. The molecular formula is C14H19NO4S. The summed E-state index contributed by atoms with van der Waals surface area (Å²) in [6, 6.07) is 3.91. The fraction of sp³-hybridized carbons (Fsp3) is 0.571. The van der Waals surface area contributed by atoms with Crippen LogP contribution in [0.5, 0.6) is 0 Å². The molecule has 1 unspecified atom stereocenters. The number of ether oxygens (including phenoxy) is 1. The zero-order chi connectivity index (χ0) is 14.5. The summed E-state index contributed by atoms with van der Waals surface area (Å²) in [5, 5.41) is 9.30. The van der Waals surface area contributed by atoms with Crippen LogP contribution in [0, 0.1) is 12.8 Å². The van der Waals surface area contributed by atoms with E-state index in [4.69, 9.17) is 4.74 Å². The first-order chi connectivity index (χ1) is 9.56. The highest BCUT2D eigenvalue weighted by Crippen LogP contribution is 2.21. The predicted molar refractivity (Wildman–Crippen MR) is 75.9 cm³/mol. The number of hydrogen-bond donors (Lipinski definition) is 1. The molecule has 2 rings (SSSR count). The first-order valence-electron chi connectivity index (χ1n) is 6.70. The van der Waals surface area contributed by atoms with Crippen LogP contribution in [0.15, 0.2) is 12.1 Å². The van der Waals surface area contributed by atoms with Gasteiger partial charge in [-0.2, -0.15) is 0 Å². The molecule has 2 heterocycles. The van der Waals surface area contributed by atoms with Crippen molar-refractivity contribution in [2.24, 2.45) is 5.92 Å². The number of aliphatic carboxylic acids is 1. The van der Waals surface area contributed by atoms with Gasteiger partial charge in [0.2, 0.25) is 5.91 Å². The summed E-state index contributed by atoms with van der Waals surface area (Å²) < 4.78 is 5.19. The van der Waals surface area contributed by atoms with Crippen LogP contribution in [0.4, 0.5) is 0 Å². The maximum absolute atomic E-state index is 12.1. The number of morpholine rings is 1. The third-order valence-electron chi connectivity index (χ3n) is 3.38. The molecule has 20 heavy (non-hydrogen) atoms. The molecule has 1 atom stereocenters. The van der Waals surface area contributed by atoms with Crippen molar-refractivity contribution in [3.63, 3.8) is 0 Å². The lowest BCUT2D eigenvalue weighted by molar-refractivity contribution is -0.147. The minimum absolute atomic E-state index is 0.0618. The molecule has 1 fully saturated rings. The summed E-state index contributed by atoms with van der Waals surface area (Å²) in [6.45, 7) is 4.18. The smallest absolute Gasteiger partial charge is 0.307 e. The number of hydrogen-bond acceptors (Lipinski definition) is 4. The normalized spacial score (nSPS) is 16.9. The molecule has 1 aliphatic rings. The van der Waals surface area contributed by atoms with Crippen molar-refractivity contribution in [1.82, 2.24) is 4.90 Å². The van der Waals surface area contributed by atoms with Gasteiger partial charge in [-0.1, -0.05) is 0 Å². The van der Waals surface area contributed by atoms with E-state index in [9.17, 15) is 14.7 Å². The van der Waals surface area contributed by atoms with E-state index in [1.165, 1.54) is 0 Å². The number of aryl methyl sites for hydroxylation is 1. The Morgan fingerprint density at radius 2 is 2.10 bits per heavy atom. The lowest BCUT2D eigenvalue weighted by atomic mass is 9.99. The third kappa shape index (κ3) is 4.05. The average molecular weight is 297 g/mol. The maximum Gasteiger partial charge on any atom is 0.307 e.